The Bertz CT molecular complexity index is 636. The monoisotopic (exact) mass is 324 g/mol. The number of allylic oxidation sites excluding steroid dienone is 2. The van der Waals surface area contributed by atoms with E-state index in [9.17, 15) is 0 Å². The third-order valence-electron chi connectivity index (χ3n) is 4.71. The summed E-state index contributed by atoms with van der Waals surface area (Å²) in [5.41, 5.74) is 6.11. The van der Waals surface area contributed by atoms with Crippen LogP contribution < -0.4 is 5.32 Å². The van der Waals surface area contributed by atoms with Crippen LogP contribution in [-0.2, 0) is 6.42 Å². The summed E-state index contributed by atoms with van der Waals surface area (Å²) in [5.74, 6) is 0. The summed E-state index contributed by atoms with van der Waals surface area (Å²) < 4.78 is 0. The zero-order chi connectivity index (χ0) is 17.6. The molecule has 1 aliphatic heterocycles. The van der Waals surface area contributed by atoms with Crippen LogP contribution in [0.5, 0.6) is 0 Å². The van der Waals surface area contributed by atoms with E-state index in [0.29, 0.717) is 0 Å². The van der Waals surface area contributed by atoms with E-state index in [1.807, 2.05) is 0 Å². The largest absolute Gasteiger partial charge is 0.376 e. The lowest BCUT2D eigenvalue weighted by atomic mass is 9.88. The van der Waals surface area contributed by atoms with Crippen molar-refractivity contribution in [2.75, 3.05) is 5.32 Å². The lowest BCUT2D eigenvalue weighted by Crippen LogP contribution is -2.34. The number of nitrogens with zero attached hydrogens (tertiary/aromatic N) is 1. The maximum absolute atomic E-state index is 4.26. The van der Waals surface area contributed by atoms with Crippen LogP contribution in [0, 0.1) is 0 Å². The van der Waals surface area contributed by atoms with Crippen molar-refractivity contribution >= 4 is 24.2 Å². The van der Waals surface area contributed by atoms with Crippen molar-refractivity contribution in [1.82, 2.24) is 0 Å². The Hall–Kier alpha value is -1.83. The number of benzene rings is 1. The van der Waals surface area contributed by atoms with Gasteiger partial charge in [-0.3, -0.25) is 4.99 Å². The zero-order valence-electron chi connectivity index (χ0n) is 15.8. The van der Waals surface area contributed by atoms with E-state index in [1.54, 1.807) is 0 Å². The molecule has 1 unspecified atom stereocenters. The van der Waals surface area contributed by atoms with Gasteiger partial charge in [0, 0.05) is 11.3 Å². The first-order valence-corrected chi connectivity index (χ1v) is 9.22. The molecule has 0 saturated heterocycles. The molecular formula is C22H32N2. The number of hydrogen-bond acceptors (Lipinski definition) is 2. The fraction of sp³-hybridized carbons (Fsp3) is 0.500. The fourth-order valence-corrected chi connectivity index (χ4v) is 3.25. The van der Waals surface area contributed by atoms with Gasteiger partial charge in [-0.2, -0.15) is 0 Å². The quantitative estimate of drug-likeness (QED) is 0.321. The highest BCUT2D eigenvalue weighted by Crippen LogP contribution is 2.37. The molecule has 1 N–H and O–H groups in total. The van der Waals surface area contributed by atoms with E-state index in [1.165, 1.54) is 41.6 Å². The average Bonchev–Trinajstić information content (AvgIpc) is 2.53. The van der Waals surface area contributed by atoms with E-state index in [4.69, 9.17) is 0 Å². The number of hydrogen-bond donors (Lipinski definition) is 1. The molecule has 1 aliphatic rings. The molecule has 0 spiro atoms. The normalized spacial score (nSPS) is 18.7. The van der Waals surface area contributed by atoms with Crippen LogP contribution in [0.25, 0.3) is 6.08 Å². The molecule has 1 heterocycles. The number of anilines is 1. The second kappa shape index (κ2) is 8.32. The van der Waals surface area contributed by atoms with Gasteiger partial charge in [0.1, 0.15) is 0 Å². The maximum atomic E-state index is 4.26. The van der Waals surface area contributed by atoms with Gasteiger partial charge in [-0.1, -0.05) is 43.6 Å². The number of fused-ring (bicyclic) bond motifs is 1. The third kappa shape index (κ3) is 4.83. The van der Waals surface area contributed by atoms with Crippen molar-refractivity contribution in [3.8, 4) is 0 Å². The predicted octanol–water partition coefficient (Wildman–Crippen LogP) is 6.70. The molecule has 0 saturated carbocycles. The molecule has 0 aromatic heterocycles. The highest BCUT2D eigenvalue weighted by Gasteiger charge is 2.25. The van der Waals surface area contributed by atoms with Gasteiger partial charge in [0.05, 0.1) is 11.2 Å². The zero-order valence-corrected chi connectivity index (χ0v) is 15.8. The Balaban J connectivity index is 2.20. The van der Waals surface area contributed by atoms with Crippen molar-refractivity contribution in [2.24, 2.45) is 4.99 Å². The second-order valence-electron chi connectivity index (χ2n) is 7.39. The van der Waals surface area contributed by atoms with Gasteiger partial charge < -0.3 is 5.32 Å². The van der Waals surface area contributed by atoms with E-state index >= 15 is 0 Å². The fourth-order valence-electron chi connectivity index (χ4n) is 3.25. The number of unbranched alkanes of at least 4 members (excludes halogenated alkanes) is 2. The molecule has 2 nitrogen and oxygen atoms in total. The Kier molecular flexibility index (Phi) is 6.42. The van der Waals surface area contributed by atoms with Crippen LogP contribution in [0.1, 0.15) is 70.9 Å². The summed E-state index contributed by atoms with van der Waals surface area (Å²) >= 11 is 0. The van der Waals surface area contributed by atoms with Gasteiger partial charge in [0.15, 0.2) is 0 Å². The molecule has 1 aromatic rings. The van der Waals surface area contributed by atoms with E-state index in [0.717, 1.165) is 24.9 Å². The van der Waals surface area contributed by atoms with E-state index in [2.05, 4.69) is 75.1 Å². The van der Waals surface area contributed by atoms with Gasteiger partial charge in [-0.25, -0.2) is 0 Å². The van der Waals surface area contributed by atoms with E-state index < -0.39 is 0 Å². The first-order chi connectivity index (χ1) is 11.5. The van der Waals surface area contributed by atoms with Crippen LogP contribution in [0.3, 0.4) is 0 Å². The third-order valence-corrected chi connectivity index (χ3v) is 4.71. The molecule has 0 aliphatic carbocycles. The van der Waals surface area contributed by atoms with Gasteiger partial charge in [0.2, 0.25) is 0 Å². The summed E-state index contributed by atoms with van der Waals surface area (Å²) in [7, 11) is 0. The molecular weight excluding hydrogens is 292 g/mol. The first kappa shape index (κ1) is 18.5. The molecule has 0 fully saturated rings. The molecule has 0 bridgehead atoms. The summed E-state index contributed by atoms with van der Waals surface area (Å²) in [6.07, 6.45) is 13.9. The number of rotatable bonds is 8. The van der Waals surface area contributed by atoms with Crippen LogP contribution in [-0.4, -0.2) is 12.3 Å². The highest BCUT2D eigenvalue weighted by molar-refractivity contribution is 5.81. The summed E-state index contributed by atoms with van der Waals surface area (Å²) in [5, 5.41) is 3.75. The Morgan fingerprint density at radius 2 is 2.08 bits per heavy atom. The highest BCUT2D eigenvalue weighted by atomic mass is 15.0. The van der Waals surface area contributed by atoms with Gasteiger partial charge >= 0.3 is 0 Å². The molecule has 0 radical (unpaired) electrons. The van der Waals surface area contributed by atoms with Crippen molar-refractivity contribution < 1.29 is 0 Å². The first-order valence-electron chi connectivity index (χ1n) is 9.22. The molecule has 2 heteroatoms. The molecule has 1 aromatic carbocycles. The minimum atomic E-state index is -0.000564. The Morgan fingerprint density at radius 3 is 2.75 bits per heavy atom. The Labute approximate surface area is 147 Å². The van der Waals surface area contributed by atoms with Crippen molar-refractivity contribution in [3.05, 3.63) is 41.0 Å². The van der Waals surface area contributed by atoms with Crippen LogP contribution >= 0.6 is 0 Å². The minimum Gasteiger partial charge on any atom is -0.376 e. The number of aliphatic imine (C=N–C) groups is 1. The standard InChI is InChI=1S/C22H32N2/c1-6-7-8-11-18-15-20(23-5)19-12-14-22(4,24-21(19)16-18)13-9-10-17(2)3/h10,12,14-16,24H,5-9,11,13H2,1-4H3. The maximum Gasteiger partial charge on any atom is 0.0718 e. The molecule has 0 amide bonds. The minimum absolute atomic E-state index is 0.000564. The topological polar surface area (TPSA) is 24.4 Å². The lowest BCUT2D eigenvalue weighted by Gasteiger charge is -2.33. The van der Waals surface area contributed by atoms with E-state index in [-0.39, 0.29) is 5.54 Å². The van der Waals surface area contributed by atoms with Crippen molar-refractivity contribution in [3.63, 3.8) is 0 Å². The summed E-state index contributed by atoms with van der Waals surface area (Å²) in [4.78, 5) is 4.26. The molecule has 1 atom stereocenters. The van der Waals surface area contributed by atoms with Crippen LogP contribution in [0.15, 0.2) is 34.9 Å². The predicted molar refractivity (Wildman–Crippen MR) is 109 cm³/mol. The SMILES string of the molecule is C=Nc1cc(CCCCC)cc2c1C=CC(C)(CCC=C(C)C)N2. The van der Waals surface area contributed by atoms with Gasteiger partial charge in [0.25, 0.3) is 0 Å². The number of nitrogens with one attached hydrogen (secondary N) is 1. The van der Waals surface area contributed by atoms with Crippen LogP contribution in [0.4, 0.5) is 11.4 Å². The molecule has 130 valence electrons. The lowest BCUT2D eigenvalue weighted by molar-refractivity contribution is 0.581. The summed E-state index contributed by atoms with van der Waals surface area (Å²) in [6, 6.07) is 4.50. The molecule has 24 heavy (non-hydrogen) atoms. The van der Waals surface area contributed by atoms with Crippen LogP contribution in [0.2, 0.25) is 0 Å². The average molecular weight is 325 g/mol. The number of aryl methyl sites for hydroxylation is 1. The van der Waals surface area contributed by atoms with Crippen molar-refractivity contribution in [1.29, 1.82) is 0 Å². The summed E-state index contributed by atoms with van der Waals surface area (Å²) in [6.45, 7) is 12.6. The Morgan fingerprint density at radius 1 is 1.29 bits per heavy atom. The van der Waals surface area contributed by atoms with Crippen molar-refractivity contribution in [2.45, 2.75) is 71.8 Å². The van der Waals surface area contributed by atoms with Gasteiger partial charge in [-0.05, 0) is 70.9 Å². The van der Waals surface area contributed by atoms with Gasteiger partial charge in [-0.15, -0.1) is 0 Å². The molecule has 2 rings (SSSR count). The second-order valence-corrected chi connectivity index (χ2v) is 7.39. The smallest absolute Gasteiger partial charge is 0.0718 e.